The zero-order valence-electron chi connectivity index (χ0n) is 9.86. The first-order chi connectivity index (χ1) is 7.63. The Kier molecular flexibility index (Phi) is 4.99. The minimum absolute atomic E-state index is 0.338. The summed E-state index contributed by atoms with van der Waals surface area (Å²) in [5.41, 5.74) is 1.46. The van der Waals surface area contributed by atoms with E-state index in [0.29, 0.717) is 11.6 Å². The molecule has 0 radical (unpaired) electrons. The highest BCUT2D eigenvalue weighted by atomic mass is 16.4. The molecule has 0 spiro atoms. The molecule has 3 nitrogen and oxygen atoms in total. The summed E-state index contributed by atoms with van der Waals surface area (Å²) >= 11 is 0. The molecule has 0 saturated heterocycles. The predicted molar refractivity (Wildman–Crippen MR) is 64.6 cm³/mol. The molecule has 0 aliphatic carbocycles. The smallest absolute Gasteiger partial charge is 0.335 e. The lowest BCUT2D eigenvalue weighted by atomic mass is 10.1. The molecule has 0 aliphatic rings. The van der Waals surface area contributed by atoms with Crippen LogP contribution in [0, 0.1) is 0 Å². The Balaban J connectivity index is 2.46. The van der Waals surface area contributed by atoms with E-state index in [4.69, 9.17) is 5.11 Å². The largest absolute Gasteiger partial charge is 0.478 e. The van der Waals surface area contributed by atoms with Crippen molar-refractivity contribution in [2.75, 3.05) is 0 Å². The van der Waals surface area contributed by atoms with Crippen LogP contribution in [0.4, 0.5) is 0 Å². The van der Waals surface area contributed by atoms with Gasteiger partial charge in [-0.1, -0.05) is 25.5 Å². The highest BCUT2D eigenvalue weighted by Crippen LogP contribution is 2.05. The topological polar surface area (TPSA) is 49.3 Å². The monoisotopic (exact) mass is 221 g/mol. The Labute approximate surface area is 96.5 Å². The van der Waals surface area contributed by atoms with Crippen molar-refractivity contribution in [1.29, 1.82) is 0 Å². The molecule has 0 saturated carbocycles. The maximum atomic E-state index is 10.6. The zero-order chi connectivity index (χ0) is 12.0. The van der Waals surface area contributed by atoms with Crippen LogP contribution in [-0.2, 0) is 6.54 Å². The fraction of sp³-hybridized carbons (Fsp3) is 0.462. The molecule has 1 unspecified atom stereocenters. The lowest BCUT2D eigenvalue weighted by Gasteiger charge is -2.12. The molecule has 0 bridgehead atoms. The Bertz CT molecular complexity index is 332. The van der Waals surface area contributed by atoms with Gasteiger partial charge in [-0.15, -0.1) is 0 Å². The van der Waals surface area contributed by atoms with Crippen molar-refractivity contribution in [2.45, 2.75) is 39.3 Å². The first-order valence-electron chi connectivity index (χ1n) is 5.69. The Morgan fingerprint density at radius 3 is 2.50 bits per heavy atom. The number of hydrogen-bond donors (Lipinski definition) is 2. The maximum Gasteiger partial charge on any atom is 0.335 e. The van der Waals surface area contributed by atoms with Gasteiger partial charge >= 0.3 is 5.97 Å². The summed E-state index contributed by atoms with van der Waals surface area (Å²) < 4.78 is 0. The molecule has 1 atom stereocenters. The van der Waals surface area contributed by atoms with E-state index >= 15 is 0 Å². The van der Waals surface area contributed by atoms with E-state index in [1.54, 1.807) is 12.1 Å². The normalized spacial score (nSPS) is 12.4. The molecular weight excluding hydrogens is 202 g/mol. The van der Waals surface area contributed by atoms with Gasteiger partial charge in [-0.25, -0.2) is 4.79 Å². The van der Waals surface area contributed by atoms with Crippen LogP contribution in [0.15, 0.2) is 24.3 Å². The third-order valence-corrected chi connectivity index (χ3v) is 2.58. The van der Waals surface area contributed by atoms with E-state index in [1.807, 2.05) is 12.1 Å². The molecule has 3 heteroatoms. The molecule has 0 fully saturated rings. The van der Waals surface area contributed by atoms with Crippen LogP contribution in [0.1, 0.15) is 42.6 Å². The fourth-order valence-corrected chi connectivity index (χ4v) is 1.59. The zero-order valence-corrected chi connectivity index (χ0v) is 9.86. The van der Waals surface area contributed by atoms with Crippen molar-refractivity contribution in [3.63, 3.8) is 0 Å². The van der Waals surface area contributed by atoms with Gasteiger partial charge in [0.25, 0.3) is 0 Å². The van der Waals surface area contributed by atoms with E-state index in [0.717, 1.165) is 18.5 Å². The summed E-state index contributed by atoms with van der Waals surface area (Å²) in [6, 6.07) is 7.50. The van der Waals surface area contributed by atoms with Crippen LogP contribution in [0.5, 0.6) is 0 Å². The van der Waals surface area contributed by atoms with Gasteiger partial charge < -0.3 is 10.4 Å². The molecule has 88 valence electrons. The van der Waals surface area contributed by atoms with E-state index in [-0.39, 0.29) is 0 Å². The average molecular weight is 221 g/mol. The molecule has 2 N–H and O–H groups in total. The van der Waals surface area contributed by atoms with Gasteiger partial charge in [0, 0.05) is 12.6 Å². The van der Waals surface area contributed by atoms with Crippen molar-refractivity contribution < 1.29 is 9.90 Å². The standard InChI is InChI=1S/C13H19NO2/c1-3-4-10(2)14-9-11-5-7-12(8-6-11)13(15)16/h5-8,10,14H,3-4,9H2,1-2H3,(H,15,16). The van der Waals surface area contributed by atoms with E-state index in [2.05, 4.69) is 19.2 Å². The van der Waals surface area contributed by atoms with Crippen LogP contribution >= 0.6 is 0 Å². The first-order valence-corrected chi connectivity index (χ1v) is 5.69. The average Bonchev–Trinajstić information content (AvgIpc) is 2.27. The van der Waals surface area contributed by atoms with Crippen molar-refractivity contribution in [1.82, 2.24) is 5.32 Å². The highest BCUT2D eigenvalue weighted by molar-refractivity contribution is 5.87. The quantitative estimate of drug-likeness (QED) is 0.776. The highest BCUT2D eigenvalue weighted by Gasteiger charge is 2.03. The number of nitrogens with one attached hydrogen (secondary N) is 1. The molecule has 0 amide bonds. The second-order valence-electron chi connectivity index (χ2n) is 4.07. The summed E-state index contributed by atoms with van der Waals surface area (Å²) in [6.45, 7) is 5.12. The Morgan fingerprint density at radius 1 is 1.38 bits per heavy atom. The van der Waals surface area contributed by atoms with Crippen LogP contribution in [-0.4, -0.2) is 17.1 Å². The summed E-state index contributed by atoms with van der Waals surface area (Å²) in [7, 11) is 0. The molecular formula is C13H19NO2. The van der Waals surface area contributed by atoms with Crippen molar-refractivity contribution in [2.24, 2.45) is 0 Å². The lowest BCUT2D eigenvalue weighted by Crippen LogP contribution is -2.25. The third kappa shape index (κ3) is 4.03. The van der Waals surface area contributed by atoms with Gasteiger partial charge in [0.1, 0.15) is 0 Å². The molecule has 0 heterocycles. The summed E-state index contributed by atoms with van der Waals surface area (Å²) in [5, 5.41) is 12.1. The third-order valence-electron chi connectivity index (χ3n) is 2.58. The number of carbonyl (C=O) groups is 1. The van der Waals surface area contributed by atoms with E-state index in [9.17, 15) is 4.79 Å². The number of carboxylic acid groups (broad SMARTS) is 1. The SMILES string of the molecule is CCCC(C)NCc1ccc(C(=O)O)cc1. The second-order valence-corrected chi connectivity index (χ2v) is 4.07. The van der Waals surface area contributed by atoms with E-state index in [1.165, 1.54) is 6.42 Å². The number of rotatable bonds is 6. The molecule has 1 aromatic rings. The second kappa shape index (κ2) is 6.28. The van der Waals surface area contributed by atoms with Crippen LogP contribution in [0.2, 0.25) is 0 Å². The van der Waals surface area contributed by atoms with Crippen molar-refractivity contribution in [3.05, 3.63) is 35.4 Å². The minimum atomic E-state index is -0.876. The number of carboxylic acids is 1. The van der Waals surface area contributed by atoms with Gasteiger partial charge in [-0.2, -0.15) is 0 Å². The predicted octanol–water partition coefficient (Wildman–Crippen LogP) is 2.66. The van der Waals surface area contributed by atoms with Gasteiger partial charge in [0.05, 0.1) is 5.56 Å². The Hall–Kier alpha value is -1.35. The fourth-order valence-electron chi connectivity index (χ4n) is 1.59. The van der Waals surface area contributed by atoms with Gasteiger partial charge in [-0.05, 0) is 31.0 Å². The van der Waals surface area contributed by atoms with Gasteiger partial charge in [-0.3, -0.25) is 0 Å². The van der Waals surface area contributed by atoms with Crippen LogP contribution in [0.25, 0.3) is 0 Å². The molecule has 16 heavy (non-hydrogen) atoms. The van der Waals surface area contributed by atoms with E-state index < -0.39 is 5.97 Å². The van der Waals surface area contributed by atoms with Crippen LogP contribution < -0.4 is 5.32 Å². The van der Waals surface area contributed by atoms with Crippen LogP contribution in [0.3, 0.4) is 0 Å². The Morgan fingerprint density at radius 2 is 2.00 bits per heavy atom. The first kappa shape index (κ1) is 12.7. The van der Waals surface area contributed by atoms with Gasteiger partial charge in [0.2, 0.25) is 0 Å². The number of aromatic carboxylic acids is 1. The lowest BCUT2D eigenvalue weighted by molar-refractivity contribution is 0.0697. The maximum absolute atomic E-state index is 10.6. The minimum Gasteiger partial charge on any atom is -0.478 e. The number of benzene rings is 1. The molecule has 0 aliphatic heterocycles. The van der Waals surface area contributed by atoms with Crippen molar-refractivity contribution in [3.8, 4) is 0 Å². The summed E-state index contributed by atoms with van der Waals surface area (Å²) in [6.07, 6.45) is 2.33. The molecule has 1 aromatic carbocycles. The number of hydrogen-bond acceptors (Lipinski definition) is 2. The molecule has 0 aromatic heterocycles. The molecule has 1 rings (SSSR count). The van der Waals surface area contributed by atoms with Crippen molar-refractivity contribution >= 4 is 5.97 Å². The van der Waals surface area contributed by atoms with Gasteiger partial charge in [0.15, 0.2) is 0 Å². The summed E-state index contributed by atoms with van der Waals surface area (Å²) in [4.78, 5) is 10.6. The summed E-state index contributed by atoms with van der Waals surface area (Å²) in [5.74, 6) is -0.876.